The van der Waals surface area contributed by atoms with Crippen LogP contribution in [0.4, 0.5) is 0 Å². The van der Waals surface area contributed by atoms with Gasteiger partial charge in [-0.25, -0.2) is 0 Å². The highest BCUT2D eigenvalue weighted by Crippen LogP contribution is 2.40. The van der Waals surface area contributed by atoms with Gasteiger partial charge in [0.15, 0.2) is 0 Å². The molecule has 0 fully saturated rings. The summed E-state index contributed by atoms with van der Waals surface area (Å²) < 4.78 is 11.5. The number of fused-ring (bicyclic) bond motifs is 1. The molecule has 0 N–H and O–H groups in total. The van der Waals surface area contributed by atoms with Crippen molar-refractivity contribution >= 4 is 17.8 Å². The van der Waals surface area contributed by atoms with Gasteiger partial charge >= 0.3 is 0 Å². The smallest absolute Gasteiger partial charge is 0.127 e. The zero-order chi connectivity index (χ0) is 18.2. The lowest BCUT2D eigenvalue weighted by molar-refractivity contribution is 0.159. The van der Waals surface area contributed by atoms with E-state index in [0.717, 1.165) is 17.1 Å². The van der Waals surface area contributed by atoms with Crippen molar-refractivity contribution in [2.45, 2.75) is 50.4 Å². The molecule has 2 nitrogen and oxygen atoms in total. The number of rotatable bonds is 4. The van der Waals surface area contributed by atoms with Crippen molar-refractivity contribution in [3.63, 3.8) is 0 Å². The van der Waals surface area contributed by atoms with Gasteiger partial charge in [-0.1, -0.05) is 12.1 Å². The van der Waals surface area contributed by atoms with Gasteiger partial charge in [0.05, 0.1) is 7.11 Å². The Morgan fingerprint density at radius 3 is 2.60 bits per heavy atom. The molecule has 0 bridgehead atoms. The average molecular weight is 355 g/mol. The van der Waals surface area contributed by atoms with Gasteiger partial charge in [0.25, 0.3) is 0 Å². The van der Waals surface area contributed by atoms with Gasteiger partial charge < -0.3 is 9.47 Å². The molecule has 0 saturated carbocycles. The Kier molecular flexibility index (Phi) is 4.88. The van der Waals surface area contributed by atoms with Gasteiger partial charge in [0.1, 0.15) is 17.1 Å². The van der Waals surface area contributed by atoms with Crippen molar-refractivity contribution in [1.82, 2.24) is 0 Å². The monoisotopic (exact) mass is 354 g/mol. The van der Waals surface area contributed by atoms with Crippen molar-refractivity contribution in [2.75, 3.05) is 7.11 Å². The van der Waals surface area contributed by atoms with E-state index in [-0.39, 0.29) is 5.60 Å². The highest BCUT2D eigenvalue weighted by Gasteiger charge is 2.22. The fourth-order valence-corrected chi connectivity index (χ4v) is 4.03. The molecule has 0 aliphatic carbocycles. The summed E-state index contributed by atoms with van der Waals surface area (Å²) in [6.07, 6.45) is 4.27. The first-order valence-corrected chi connectivity index (χ1v) is 9.51. The number of hydrogen-bond donors (Lipinski definition) is 0. The lowest BCUT2D eigenvalue weighted by Crippen LogP contribution is -2.27. The van der Waals surface area contributed by atoms with Crippen LogP contribution in [0.1, 0.15) is 48.3 Å². The molecule has 25 heavy (non-hydrogen) atoms. The molecule has 0 aromatic heterocycles. The Hall–Kier alpha value is -1.87. The fourth-order valence-electron chi connectivity index (χ4n) is 3.00. The molecule has 1 atom stereocenters. The highest BCUT2D eigenvalue weighted by molar-refractivity contribution is 7.99. The number of methoxy groups -OCH3 is 1. The van der Waals surface area contributed by atoms with Crippen molar-refractivity contribution in [2.24, 2.45) is 0 Å². The van der Waals surface area contributed by atoms with Crippen molar-refractivity contribution in [3.05, 3.63) is 58.7 Å². The van der Waals surface area contributed by atoms with E-state index in [0.29, 0.717) is 5.25 Å². The maximum atomic E-state index is 6.01. The van der Waals surface area contributed by atoms with Crippen LogP contribution >= 0.6 is 11.8 Å². The lowest BCUT2D eigenvalue weighted by atomic mass is 10.0. The van der Waals surface area contributed by atoms with E-state index >= 15 is 0 Å². The van der Waals surface area contributed by atoms with Crippen LogP contribution in [0.5, 0.6) is 11.5 Å². The van der Waals surface area contributed by atoms with Crippen molar-refractivity contribution in [3.8, 4) is 11.5 Å². The van der Waals surface area contributed by atoms with E-state index in [4.69, 9.17) is 9.47 Å². The van der Waals surface area contributed by atoms with Crippen LogP contribution in [-0.2, 0) is 0 Å². The minimum atomic E-state index is -0.231. The third-order valence-electron chi connectivity index (χ3n) is 4.66. The lowest BCUT2D eigenvalue weighted by Gasteiger charge is -2.28. The maximum Gasteiger partial charge on any atom is 0.127 e. The summed E-state index contributed by atoms with van der Waals surface area (Å²) in [7, 11) is 1.74. The Morgan fingerprint density at radius 2 is 1.88 bits per heavy atom. The van der Waals surface area contributed by atoms with Crippen LogP contribution in [0.3, 0.4) is 0 Å². The van der Waals surface area contributed by atoms with Gasteiger partial charge in [-0.15, -0.1) is 11.8 Å². The Bertz CT molecular complexity index is 821. The number of aryl methyl sites for hydroxylation is 1. The van der Waals surface area contributed by atoms with Gasteiger partial charge in [-0.05, 0) is 81.7 Å². The van der Waals surface area contributed by atoms with Crippen LogP contribution in [0, 0.1) is 13.8 Å². The number of hydrogen-bond acceptors (Lipinski definition) is 3. The van der Waals surface area contributed by atoms with Crippen LogP contribution < -0.4 is 9.47 Å². The standard InChI is InChI=1S/C22H26O2S/c1-14-11-18(13-21(23-6)15(14)2)16(3)25-19-7-8-20-17(12-19)9-10-22(4,5)24-20/h7-13,16H,1-6H3. The van der Waals surface area contributed by atoms with E-state index in [2.05, 4.69) is 77.1 Å². The summed E-state index contributed by atoms with van der Waals surface area (Å²) in [5.41, 5.74) is 4.68. The Morgan fingerprint density at radius 1 is 1.12 bits per heavy atom. The SMILES string of the molecule is COc1cc(C(C)Sc2ccc3c(c2)C=CC(C)(C)O3)cc(C)c1C. The topological polar surface area (TPSA) is 18.5 Å². The van der Waals surface area contributed by atoms with Gasteiger partial charge in [-0.3, -0.25) is 0 Å². The summed E-state index contributed by atoms with van der Waals surface area (Å²) in [5.74, 6) is 1.92. The predicted octanol–water partition coefficient (Wildman–Crippen LogP) is 6.35. The molecular weight excluding hydrogens is 328 g/mol. The summed E-state index contributed by atoms with van der Waals surface area (Å²) >= 11 is 1.86. The van der Waals surface area contributed by atoms with E-state index in [1.54, 1.807) is 7.11 Å². The molecule has 0 amide bonds. The first-order valence-electron chi connectivity index (χ1n) is 8.63. The van der Waals surface area contributed by atoms with Crippen LogP contribution in [0.25, 0.3) is 6.08 Å². The quantitative estimate of drug-likeness (QED) is 0.596. The van der Waals surface area contributed by atoms with Crippen LogP contribution in [-0.4, -0.2) is 12.7 Å². The molecule has 0 radical (unpaired) electrons. The van der Waals surface area contributed by atoms with Crippen molar-refractivity contribution < 1.29 is 9.47 Å². The first kappa shape index (κ1) is 17.9. The Labute approximate surface area is 155 Å². The number of thioether (sulfide) groups is 1. The summed E-state index contributed by atoms with van der Waals surface area (Å²) in [6.45, 7) is 10.6. The molecule has 3 heteroatoms. The fraction of sp³-hybridized carbons (Fsp3) is 0.364. The molecule has 1 aliphatic heterocycles. The van der Waals surface area contributed by atoms with E-state index in [1.165, 1.54) is 21.6 Å². The van der Waals surface area contributed by atoms with Crippen molar-refractivity contribution in [1.29, 1.82) is 0 Å². The zero-order valence-electron chi connectivity index (χ0n) is 15.8. The summed E-state index contributed by atoms with van der Waals surface area (Å²) in [6, 6.07) is 10.9. The van der Waals surface area contributed by atoms with Gasteiger partial charge in [-0.2, -0.15) is 0 Å². The van der Waals surface area contributed by atoms with Gasteiger partial charge in [0.2, 0.25) is 0 Å². The predicted molar refractivity (Wildman–Crippen MR) is 107 cm³/mol. The molecule has 1 unspecified atom stereocenters. The first-order chi connectivity index (χ1) is 11.8. The number of benzene rings is 2. The number of ether oxygens (including phenoxy) is 2. The zero-order valence-corrected chi connectivity index (χ0v) is 16.7. The molecule has 2 aromatic rings. The summed E-state index contributed by atoms with van der Waals surface area (Å²) in [5, 5.41) is 0.344. The maximum absolute atomic E-state index is 6.01. The second kappa shape index (κ2) is 6.80. The molecule has 1 aliphatic rings. The normalized spacial score (nSPS) is 16.1. The minimum Gasteiger partial charge on any atom is -0.496 e. The second-order valence-electron chi connectivity index (χ2n) is 7.16. The molecule has 3 rings (SSSR count). The Balaban J connectivity index is 1.82. The van der Waals surface area contributed by atoms with E-state index in [9.17, 15) is 0 Å². The largest absolute Gasteiger partial charge is 0.496 e. The highest BCUT2D eigenvalue weighted by atomic mass is 32.2. The van der Waals surface area contributed by atoms with E-state index in [1.807, 2.05) is 11.8 Å². The molecule has 2 aromatic carbocycles. The molecule has 0 saturated heterocycles. The van der Waals surface area contributed by atoms with Crippen LogP contribution in [0.15, 0.2) is 41.3 Å². The second-order valence-corrected chi connectivity index (χ2v) is 8.58. The molecule has 0 spiro atoms. The molecule has 1 heterocycles. The summed E-state index contributed by atoms with van der Waals surface area (Å²) in [4.78, 5) is 1.25. The molecule has 132 valence electrons. The third-order valence-corrected chi connectivity index (χ3v) is 5.81. The molecular formula is C22H26O2S. The minimum absolute atomic E-state index is 0.231. The van der Waals surface area contributed by atoms with E-state index < -0.39 is 0 Å². The van der Waals surface area contributed by atoms with Gasteiger partial charge in [0, 0.05) is 15.7 Å². The third kappa shape index (κ3) is 3.87. The van der Waals surface area contributed by atoms with Crippen LogP contribution in [0.2, 0.25) is 0 Å². The average Bonchev–Trinajstić information content (AvgIpc) is 2.56.